The summed E-state index contributed by atoms with van der Waals surface area (Å²) in [6.45, 7) is 1.90. The van der Waals surface area contributed by atoms with Gasteiger partial charge in [-0.3, -0.25) is 0 Å². The highest BCUT2D eigenvalue weighted by molar-refractivity contribution is 7.89. The summed E-state index contributed by atoms with van der Waals surface area (Å²) in [4.78, 5) is 3.37. The van der Waals surface area contributed by atoms with Crippen LogP contribution in [0.2, 0.25) is 10.0 Å². The average Bonchev–Trinajstić information content (AvgIpc) is 3.11. The molecule has 0 saturated carbocycles. The van der Waals surface area contributed by atoms with E-state index < -0.39 is 16.1 Å². The van der Waals surface area contributed by atoms with Crippen LogP contribution in [0.4, 0.5) is 0 Å². The summed E-state index contributed by atoms with van der Waals surface area (Å²) < 4.78 is 29.2. The molecule has 4 rings (SSSR count). The predicted octanol–water partition coefficient (Wildman–Crippen LogP) is 5.85. The summed E-state index contributed by atoms with van der Waals surface area (Å²) in [6, 6.07) is 18.7. The van der Waals surface area contributed by atoms with Gasteiger partial charge in [0.05, 0.1) is 10.9 Å². The molecule has 0 radical (unpaired) electrons. The molecule has 0 amide bonds. The van der Waals surface area contributed by atoms with E-state index in [4.69, 9.17) is 23.2 Å². The van der Waals surface area contributed by atoms with Crippen LogP contribution in [-0.2, 0) is 10.0 Å². The van der Waals surface area contributed by atoms with Crippen LogP contribution in [0.5, 0.6) is 0 Å². The van der Waals surface area contributed by atoms with Crippen LogP contribution < -0.4 is 4.72 Å². The SMILES string of the molecule is Cc1ccc(S(=O)(=O)N[C@@H](c2c(Cl)cccc2Cl)c2c[nH]c3ccccc23)cc1. The normalized spacial score (nSPS) is 12.9. The zero-order chi connectivity index (χ0) is 20.6. The van der Waals surface area contributed by atoms with E-state index in [-0.39, 0.29) is 4.90 Å². The second-order valence-electron chi connectivity index (χ2n) is 6.79. The van der Waals surface area contributed by atoms with Crippen molar-refractivity contribution >= 4 is 44.1 Å². The second-order valence-corrected chi connectivity index (χ2v) is 9.32. The first-order valence-electron chi connectivity index (χ1n) is 8.96. The van der Waals surface area contributed by atoms with Gasteiger partial charge in [0.25, 0.3) is 0 Å². The average molecular weight is 445 g/mol. The van der Waals surface area contributed by atoms with Crippen LogP contribution >= 0.6 is 23.2 Å². The first kappa shape index (κ1) is 20.0. The molecule has 1 atom stereocenters. The number of rotatable bonds is 5. The van der Waals surface area contributed by atoms with E-state index in [2.05, 4.69) is 9.71 Å². The van der Waals surface area contributed by atoms with Gasteiger partial charge < -0.3 is 4.98 Å². The summed E-state index contributed by atoms with van der Waals surface area (Å²) in [7, 11) is -3.83. The molecular formula is C22H18Cl2N2O2S. The minimum absolute atomic E-state index is 0.177. The molecule has 1 aromatic heterocycles. The first-order chi connectivity index (χ1) is 13.9. The molecule has 148 valence electrons. The Balaban J connectivity index is 1.88. The van der Waals surface area contributed by atoms with Gasteiger partial charge in [-0.1, -0.05) is 65.2 Å². The lowest BCUT2D eigenvalue weighted by Gasteiger charge is -2.21. The van der Waals surface area contributed by atoms with Gasteiger partial charge in [-0.15, -0.1) is 0 Å². The molecule has 0 bridgehead atoms. The van der Waals surface area contributed by atoms with Crippen LogP contribution in [-0.4, -0.2) is 13.4 Å². The van der Waals surface area contributed by atoms with Crippen LogP contribution in [0.1, 0.15) is 22.7 Å². The van der Waals surface area contributed by atoms with Gasteiger partial charge in [0.2, 0.25) is 10.0 Å². The number of halogens is 2. The molecule has 0 unspecified atom stereocenters. The summed E-state index contributed by atoms with van der Waals surface area (Å²) in [5.74, 6) is 0. The Kier molecular flexibility index (Phi) is 5.40. The minimum atomic E-state index is -3.83. The Morgan fingerprint density at radius 3 is 2.24 bits per heavy atom. The maximum absolute atomic E-state index is 13.2. The second kappa shape index (κ2) is 7.84. The number of benzene rings is 3. The summed E-state index contributed by atoms with van der Waals surface area (Å²) in [6.07, 6.45) is 1.78. The van der Waals surface area contributed by atoms with Gasteiger partial charge in [-0.05, 0) is 42.8 Å². The lowest BCUT2D eigenvalue weighted by atomic mass is 9.99. The molecule has 0 aliphatic heterocycles. The number of aryl methyl sites for hydroxylation is 1. The van der Waals surface area contributed by atoms with Gasteiger partial charge in [-0.25, -0.2) is 8.42 Å². The maximum atomic E-state index is 13.2. The van der Waals surface area contributed by atoms with Gasteiger partial charge >= 0.3 is 0 Å². The number of sulfonamides is 1. The summed E-state index contributed by atoms with van der Waals surface area (Å²) in [5.41, 5.74) is 3.12. The van der Waals surface area contributed by atoms with Crippen molar-refractivity contribution in [2.75, 3.05) is 0 Å². The zero-order valence-corrected chi connectivity index (χ0v) is 17.8. The molecular weight excluding hydrogens is 427 g/mol. The molecule has 7 heteroatoms. The van der Waals surface area contributed by atoms with E-state index >= 15 is 0 Å². The van der Waals surface area contributed by atoms with Crippen molar-refractivity contribution in [2.45, 2.75) is 17.9 Å². The van der Waals surface area contributed by atoms with Gasteiger partial charge in [0.15, 0.2) is 0 Å². The Morgan fingerprint density at radius 2 is 1.55 bits per heavy atom. The van der Waals surface area contributed by atoms with E-state index in [1.54, 1.807) is 48.7 Å². The van der Waals surface area contributed by atoms with Crippen molar-refractivity contribution in [1.29, 1.82) is 0 Å². The fourth-order valence-electron chi connectivity index (χ4n) is 3.34. The fourth-order valence-corrected chi connectivity index (χ4v) is 5.14. The van der Waals surface area contributed by atoms with Crippen molar-refractivity contribution in [3.8, 4) is 0 Å². The molecule has 2 N–H and O–H groups in total. The third-order valence-electron chi connectivity index (χ3n) is 4.82. The minimum Gasteiger partial charge on any atom is -0.361 e. The van der Waals surface area contributed by atoms with E-state index in [1.165, 1.54) is 0 Å². The van der Waals surface area contributed by atoms with Crippen molar-refractivity contribution in [3.63, 3.8) is 0 Å². The monoisotopic (exact) mass is 444 g/mol. The number of fused-ring (bicyclic) bond motifs is 1. The fraction of sp³-hybridized carbons (Fsp3) is 0.0909. The Bertz CT molecular complexity index is 1260. The van der Waals surface area contributed by atoms with Crippen molar-refractivity contribution in [1.82, 2.24) is 9.71 Å². The maximum Gasteiger partial charge on any atom is 0.241 e. The molecule has 4 nitrogen and oxygen atoms in total. The molecule has 0 saturated heterocycles. The van der Waals surface area contributed by atoms with E-state index in [0.717, 1.165) is 22.0 Å². The number of nitrogens with one attached hydrogen (secondary N) is 2. The largest absolute Gasteiger partial charge is 0.361 e. The highest BCUT2D eigenvalue weighted by Crippen LogP contribution is 2.37. The topological polar surface area (TPSA) is 62.0 Å². The number of hydrogen-bond donors (Lipinski definition) is 2. The Hall–Kier alpha value is -2.31. The Labute approximate surface area is 179 Å². The van der Waals surface area contributed by atoms with Gasteiger partial charge in [-0.2, -0.15) is 4.72 Å². The van der Waals surface area contributed by atoms with Crippen LogP contribution in [0.15, 0.2) is 77.8 Å². The Morgan fingerprint density at radius 1 is 0.897 bits per heavy atom. The molecule has 0 fully saturated rings. The van der Waals surface area contributed by atoms with Crippen molar-refractivity contribution in [3.05, 3.63) is 99.7 Å². The number of aromatic nitrogens is 1. The number of H-pyrrole nitrogens is 1. The van der Waals surface area contributed by atoms with Crippen molar-refractivity contribution in [2.24, 2.45) is 0 Å². The molecule has 29 heavy (non-hydrogen) atoms. The molecule has 4 aromatic rings. The van der Waals surface area contributed by atoms with Gasteiger partial charge in [0, 0.05) is 32.7 Å². The third-order valence-corrected chi connectivity index (χ3v) is 6.92. The smallest absolute Gasteiger partial charge is 0.241 e. The van der Waals surface area contributed by atoms with Crippen molar-refractivity contribution < 1.29 is 8.42 Å². The lowest BCUT2D eigenvalue weighted by molar-refractivity contribution is 0.572. The number of aromatic amines is 1. The van der Waals surface area contributed by atoms with Crippen LogP contribution in [0.3, 0.4) is 0 Å². The molecule has 0 aliphatic rings. The predicted molar refractivity (Wildman–Crippen MR) is 118 cm³/mol. The third kappa shape index (κ3) is 3.91. The molecule has 0 spiro atoms. The van der Waals surface area contributed by atoms with E-state index in [9.17, 15) is 8.42 Å². The summed E-state index contributed by atoms with van der Waals surface area (Å²) in [5, 5.41) is 1.67. The van der Waals surface area contributed by atoms with Gasteiger partial charge in [0.1, 0.15) is 0 Å². The first-order valence-corrected chi connectivity index (χ1v) is 11.2. The lowest BCUT2D eigenvalue weighted by Crippen LogP contribution is -2.29. The number of hydrogen-bond acceptors (Lipinski definition) is 2. The molecule has 1 heterocycles. The quantitative estimate of drug-likeness (QED) is 0.405. The highest BCUT2D eigenvalue weighted by Gasteiger charge is 2.28. The van der Waals surface area contributed by atoms with Crippen LogP contribution in [0.25, 0.3) is 10.9 Å². The molecule has 3 aromatic carbocycles. The zero-order valence-electron chi connectivity index (χ0n) is 15.5. The van der Waals surface area contributed by atoms with E-state index in [0.29, 0.717) is 15.6 Å². The number of para-hydroxylation sites is 1. The standard InChI is InChI=1S/C22H18Cl2N2O2S/c1-14-9-11-15(12-10-14)29(27,28)26-22(21-18(23)6-4-7-19(21)24)17-13-25-20-8-3-2-5-16(17)20/h2-13,22,25-26H,1H3/t22-/m1/s1. The van der Waals surface area contributed by atoms with Crippen LogP contribution in [0, 0.1) is 6.92 Å². The highest BCUT2D eigenvalue weighted by atomic mass is 35.5. The van der Waals surface area contributed by atoms with E-state index in [1.807, 2.05) is 31.2 Å². The molecule has 0 aliphatic carbocycles. The summed E-state index contributed by atoms with van der Waals surface area (Å²) >= 11 is 12.9.